The zero-order valence-electron chi connectivity index (χ0n) is 24.0. The number of benzene rings is 1. The van der Waals surface area contributed by atoms with Crippen LogP contribution in [-0.2, 0) is 16.8 Å². The first-order valence-corrected chi connectivity index (χ1v) is 14.7. The zero-order valence-corrected chi connectivity index (χ0v) is 24.0. The Kier molecular flexibility index (Phi) is 7.79. The summed E-state index contributed by atoms with van der Waals surface area (Å²) in [5.41, 5.74) is 0.533. The van der Waals surface area contributed by atoms with Gasteiger partial charge in [-0.25, -0.2) is 18.6 Å². The van der Waals surface area contributed by atoms with E-state index in [4.69, 9.17) is 9.15 Å². The Morgan fingerprint density at radius 3 is 2.55 bits per heavy atom. The third-order valence-corrected chi connectivity index (χ3v) is 9.12. The number of hydrogen-bond acceptors (Lipinski definition) is 6. The van der Waals surface area contributed by atoms with Crippen LogP contribution in [0.5, 0.6) is 0 Å². The molecule has 3 aliphatic rings. The molecule has 3 fully saturated rings. The van der Waals surface area contributed by atoms with Crippen LogP contribution in [0.3, 0.4) is 0 Å². The highest BCUT2D eigenvalue weighted by molar-refractivity contribution is 5.92. The summed E-state index contributed by atoms with van der Waals surface area (Å²) in [5.74, 6) is -3.47. The van der Waals surface area contributed by atoms with Crippen LogP contribution in [0, 0.1) is 5.92 Å². The van der Waals surface area contributed by atoms with E-state index in [1.54, 1.807) is 24.3 Å². The van der Waals surface area contributed by atoms with E-state index in [1.165, 1.54) is 15.8 Å². The van der Waals surface area contributed by atoms with Crippen molar-refractivity contribution in [2.45, 2.75) is 81.7 Å². The second kappa shape index (κ2) is 11.3. The van der Waals surface area contributed by atoms with E-state index in [0.717, 1.165) is 0 Å². The van der Waals surface area contributed by atoms with Crippen molar-refractivity contribution in [2.75, 3.05) is 19.8 Å². The van der Waals surface area contributed by atoms with E-state index >= 15 is 0 Å². The van der Waals surface area contributed by atoms with Gasteiger partial charge in [0.05, 0.1) is 12.1 Å². The highest BCUT2D eigenvalue weighted by Gasteiger charge is 2.53. The van der Waals surface area contributed by atoms with Gasteiger partial charge in [0, 0.05) is 38.8 Å². The summed E-state index contributed by atoms with van der Waals surface area (Å²) in [6, 6.07) is 2.96. The number of oxazole rings is 1. The molecule has 1 saturated carbocycles. The van der Waals surface area contributed by atoms with Gasteiger partial charge in [-0.05, 0) is 62.3 Å². The number of aromatic nitrogens is 3. The molecule has 0 radical (unpaired) electrons. The van der Waals surface area contributed by atoms with Crippen LogP contribution in [-0.4, -0.2) is 69.5 Å². The zero-order chi connectivity index (χ0) is 31.3. The molecule has 2 saturated heterocycles. The van der Waals surface area contributed by atoms with Gasteiger partial charge in [0.1, 0.15) is 23.3 Å². The molecule has 0 spiro atoms. The predicted octanol–water partition coefficient (Wildman–Crippen LogP) is 5.30. The standard InChI is InChI=1S/C29H33F5N6O4/c1-2-40-20(7-12-35-40)24(41)38-23(17-5-8-28(30,31)9-6-17)25-36-19-15-18(3-4-21(19)44-25)27(10-13-43-14-11-27)39-16-22(29(32,33)34)37-26(39)42/h3-4,7,12,15,17,22-23H,2,5-6,8-11,13-14,16H2,1H3,(H,37,42)(H,38,41). The van der Waals surface area contributed by atoms with Crippen molar-refractivity contribution in [1.29, 1.82) is 0 Å². The first-order chi connectivity index (χ1) is 20.9. The molecule has 44 heavy (non-hydrogen) atoms. The summed E-state index contributed by atoms with van der Waals surface area (Å²) in [6.45, 7) is 2.24. The maximum atomic E-state index is 14.1. The SMILES string of the molecule is CCn1nccc1C(=O)NC(c1nc2cc(C3(N4CC(C(F)(F)F)NC4=O)CCOCC3)ccc2o1)C1CCC(F)(F)CC1. The summed E-state index contributed by atoms with van der Waals surface area (Å²) in [5, 5.41) is 9.13. The Labute approximate surface area is 249 Å². The van der Waals surface area contributed by atoms with Gasteiger partial charge in [-0.15, -0.1) is 0 Å². The van der Waals surface area contributed by atoms with E-state index in [0.29, 0.717) is 28.9 Å². The minimum absolute atomic E-state index is 0.139. The van der Waals surface area contributed by atoms with Crippen LogP contribution in [0.4, 0.5) is 26.7 Å². The highest BCUT2D eigenvalue weighted by atomic mass is 19.4. The quantitative estimate of drug-likeness (QED) is 0.345. The summed E-state index contributed by atoms with van der Waals surface area (Å²) in [4.78, 5) is 32.1. The molecule has 4 heterocycles. The molecule has 6 rings (SSSR count). The fourth-order valence-corrected chi connectivity index (χ4v) is 6.65. The normalized spacial score (nSPS) is 23.1. The molecular formula is C29H33F5N6O4. The van der Waals surface area contributed by atoms with Gasteiger partial charge in [0.15, 0.2) is 5.58 Å². The lowest BCUT2D eigenvalue weighted by Gasteiger charge is -2.44. The van der Waals surface area contributed by atoms with E-state index in [2.05, 4.69) is 20.7 Å². The number of hydrogen-bond donors (Lipinski definition) is 2. The van der Waals surface area contributed by atoms with Crippen LogP contribution < -0.4 is 10.6 Å². The minimum Gasteiger partial charge on any atom is -0.438 e. The van der Waals surface area contributed by atoms with Gasteiger partial charge >= 0.3 is 12.2 Å². The maximum Gasteiger partial charge on any atom is 0.410 e. The lowest BCUT2D eigenvalue weighted by atomic mass is 9.81. The van der Waals surface area contributed by atoms with Crippen molar-refractivity contribution in [3.8, 4) is 0 Å². The number of aryl methyl sites for hydroxylation is 1. The van der Waals surface area contributed by atoms with Gasteiger partial charge < -0.3 is 24.7 Å². The van der Waals surface area contributed by atoms with Gasteiger partial charge in [0.2, 0.25) is 11.8 Å². The summed E-state index contributed by atoms with van der Waals surface area (Å²) in [7, 11) is 0. The molecule has 2 aliphatic heterocycles. The van der Waals surface area contributed by atoms with Gasteiger partial charge in [-0.2, -0.15) is 18.3 Å². The van der Waals surface area contributed by atoms with Crippen LogP contribution in [0.1, 0.15) is 73.4 Å². The van der Waals surface area contributed by atoms with Crippen LogP contribution in [0.15, 0.2) is 34.9 Å². The largest absolute Gasteiger partial charge is 0.438 e. The molecule has 2 atom stereocenters. The fraction of sp³-hybridized carbons (Fsp3) is 0.586. The Bertz CT molecular complexity index is 1520. The molecule has 1 aromatic carbocycles. The summed E-state index contributed by atoms with van der Waals surface area (Å²) >= 11 is 0. The van der Waals surface area contributed by atoms with Crippen molar-refractivity contribution in [3.63, 3.8) is 0 Å². The first kappa shape index (κ1) is 30.3. The number of alkyl halides is 5. The third-order valence-electron chi connectivity index (χ3n) is 9.12. The lowest BCUT2D eigenvalue weighted by Crippen LogP contribution is -2.51. The molecule has 238 valence electrons. The van der Waals surface area contributed by atoms with Crippen molar-refractivity contribution in [3.05, 3.63) is 47.6 Å². The second-order valence-corrected chi connectivity index (χ2v) is 11.7. The second-order valence-electron chi connectivity index (χ2n) is 11.7. The molecular weight excluding hydrogens is 591 g/mol. The molecule has 2 unspecified atom stereocenters. The topological polar surface area (TPSA) is 115 Å². The molecule has 2 aromatic heterocycles. The monoisotopic (exact) mass is 624 g/mol. The Morgan fingerprint density at radius 1 is 1.16 bits per heavy atom. The van der Waals surface area contributed by atoms with Crippen molar-refractivity contribution in [2.24, 2.45) is 5.92 Å². The Balaban J connectivity index is 1.34. The Hall–Kier alpha value is -3.75. The number of halogens is 5. The fourth-order valence-electron chi connectivity index (χ4n) is 6.65. The number of nitrogens with zero attached hydrogens (tertiary/aromatic N) is 4. The predicted molar refractivity (Wildman–Crippen MR) is 146 cm³/mol. The average Bonchev–Trinajstić information content (AvgIpc) is 3.74. The molecule has 10 nitrogen and oxygen atoms in total. The molecule has 2 N–H and O–H groups in total. The van der Waals surface area contributed by atoms with Crippen molar-refractivity contribution >= 4 is 23.0 Å². The van der Waals surface area contributed by atoms with Crippen molar-refractivity contribution < 1.29 is 40.7 Å². The molecule has 15 heteroatoms. The third kappa shape index (κ3) is 5.61. The summed E-state index contributed by atoms with van der Waals surface area (Å²) in [6.07, 6.45) is -2.92. The number of rotatable bonds is 7. The van der Waals surface area contributed by atoms with Crippen molar-refractivity contribution in [1.82, 2.24) is 30.3 Å². The average molecular weight is 625 g/mol. The number of carbonyl (C=O) groups is 2. The number of urea groups is 1. The smallest absolute Gasteiger partial charge is 0.410 e. The van der Waals surface area contributed by atoms with E-state index in [-0.39, 0.29) is 63.5 Å². The van der Waals surface area contributed by atoms with E-state index in [1.807, 2.05) is 6.92 Å². The highest BCUT2D eigenvalue weighted by Crippen LogP contribution is 2.44. The molecule has 1 aliphatic carbocycles. The number of amides is 3. The van der Waals surface area contributed by atoms with Crippen LogP contribution in [0.2, 0.25) is 0 Å². The van der Waals surface area contributed by atoms with Gasteiger partial charge in [0.25, 0.3) is 5.91 Å². The lowest BCUT2D eigenvalue weighted by molar-refractivity contribution is -0.151. The molecule has 3 amide bonds. The number of nitrogens with one attached hydrogen (secondary N) is 2. The molecule has 3 aromatic rings. The maximum absolute atomic E-state index is 14.1. The van der Waals surface area contributed by atoms with E-state index < -0.39 is 48.2 Å². The van der Waals surface area contributed by atoms with Crippen LogP contribution in [0.25, 0.3) is 11.1 Å². The number of ether oxygens (including phenoxy) is 1. The van der Waals surface area contributed by atoms with E-state index in [9.17, 15) is 31.5 Å². The van der Waals surface area contributed by atoms with Crippen LogP contribution >= 0.6 is 0 Å². The van der Waals surface area contributed by atoms with Gasteiger partial charge in [-0.3, -0.25) is 9.48 Å². The minimum atomic E-state index is -4.60. The Morgan fingerprint density at radius 2 is 1.89 bits per heavy atom. The molecule has 0 bridgehead atoms. The van der Waals surface area contributed by atoms with Gasteiger partial charge in [-0.1, -0.05) is 6.07 Å². The first-order valence-electron chi connectivity index (χ1n) is 14.7. The number of carbonyl (C=O) groups excluding carboxylic acids is 2. The number of fused-ring (bicyclic) bond motifs is 1. The summed E-state index contributed by atoms with van der Waals surface area (Å²) < 4.78 is 81.9.